The highest BCUT2D eigenvalue weighted by Crippen LogP contribution is 2.23. The zero-order valence-electron chi connectivity index (χ0n) is 12.4. The van der Waals surface area contributed by atoms with Gasteiger partial charge in [0.15, 0.2) is 0 Å². The van der Waals surface area contributed by atoms with Crippen LogP contribution in [0.2, 0.25) is 5.02 Å². The average Bonchev–Trinajstić information content (AvgIpc) is 2.86. The number of carbonyl (C=O) groups is 1. The van der Waals surface area contributed by atoms with E-state index in [0.717, 1.165) is 17.0 Å². The molecule has 0 atom stereocenters. The van der Waals surface area contributed by atoms with E-state index in [4.69, 9.17) is 11.6 Å². The van der Waals surface area contributed by atoms with Crippen LogP contribution in [0.5, 0.6) is 0 Å². The number of halogens is 1. The predicted molar refractivity (Wildman–Crippen MR) is 84.4 cm³/mol. The maximum Gasteiger partial charge on any atom is 0.295 e. The maximum absolute atomic E-state index is 12.3. The number of amides is 1. The van der Waals surface area contributed by atoms with Gasteiger partial charge in [0, 0.05) is 11.4 Å². The van der Waals surface area contributed by atoms with Gasteiger partial charge in [-0.1, -0.05) is 17.7 Å². The number of aromatic nitrogens is 4. The molecule has 0 unspecified atom stereocenters. The van der Waals surface area contributed by atoms with E-state index in [9.17, 15) is 4.79 Å². The van der Waals surface area contributed by atoms with E-state index in [0.29, 0.717) is 16.5 Å². The molecule has 112 valence electrons. The van der Waals surface area contributed by atoms with Gasteiger partial charge < -0.3 is 5.32 Å². The van der Waals surface area contributed by atoms with Crippen molar-refractivity contribution in [2.24, 2.45) is 0 Å². The summed E-state index contributed by atoms with van der Waals surface area (Å²) in [6, 6.07) is 7.27. The molecule has 0 aliphatic heterocycles. The first-order valence-corrected chi connectivity index (χ1v) is 7.10. The van der Waals surface area contributed by atoms with E-state index >= 15 is 0 Å². The van der Waals surface area contributed by atoms with Gasteiger partial charge in [0.2, 0.25) is 5.82 Å². The van der Waals surface area contributed by atoms with Crippen LogP contribution in [0.25, 0.3) is 5.78 Å². The quantitative estimate of drug-likeness (QED) is 0.789. The molecule has 3 aromatic rings. The lowest BCUT2D eigenvalue weighted by molar-refractivity contribution is 0.101. The van der Waals surface area contributed by atoms with Crippen molar-refractivity contribution in [3.05, 3.63) is 52.1 Å². The molecular formula is C15H14ClN5O. The van der Waals surface area contributed by atoms with E-state index in [1.54, 1.807) is 16.6 Å². The largest absolute Gasteiger partial charge is 0.318 e. The second kappa shape index (κ2) is 5.38. The smallest absolute Gasteiger partial charge is 0.295 e. The lowest BCUT2D eigenvalue weighted by Crippen LogP contribution is -2.14. The summed E-state index contributed by atoms with van der Waals surface area (Å²) >= 11 is 6.11. The lowest BCUT2D eigenvalue weighted by atomic mass is 10.2. The molecule has 0 fully saturated rings. The Bertz CT molecular complexity index is 887. The van der Waals surface area contributed by atoms with Gasteiger partial charge in [-0.05, 0) is 44.5 Å². The second-order valence-corrected chi connectivity index (χ2v) is 5.53. The molecule has 6 nitrogen and oxygen atoms in total. The summed E-state index contributed by atoms with van der Waals surface area (Å²) < 4.78 is 1.54. The van der Waals surface area contributed by atoms with E-state index in [2.05, 4.69) is 20.4 Å². The lowest BCUT2D eigenvalue weighted by Gasteiger charge is -2.05. The number of nitrogens with one attached hydrogen (secondary N) is 1. The van der Waals surface area contributed by atoms with Crippen LogP contribution in [0, 0.1) is 20.8 Å². The van der Waals surface area contributed by atoms with Gasteiger partial charge in [0.1, 0.15) is 0 Å². The zero-order valence-corrected chi connectivity index (χ0v) is 13.1. The molecular weight excluding hydrogens is 302 g/mol. The number of hydrogen-bond donors (Lipinski definition) is 1. The fourth-order valence-electron chi connectivity index (χ4n) is 2.16. The number of benzene rings is 1. The SMILES string of the molecule is Cc1ccc(NC(=O)c2nc3nc(C)cc(C)n3n2)c(Cl)c1. The highest BCUT2D eigenvalue weighted by molar-refractivity contribution is 6.33. The molecule has 0 spiro atoms. The van der Waals surface area contributed by atoms with Crippen molar-refractivity contribution in [3.8, 4) is 0 Å². The Balaban J connectivity index is 1.93. The topological polar surface area (TPSA) is 72.2 Å². The summed E-state index contributed by atoms with van der Waals surface area (Å²) in [6.07, 6.45) is 0. The number of rotatable bonds is 2. The van der Waals surface area contributed by atoms with Gasteiger partial charge >= 0.3 is 0 Å². The number of hydrogen-bond acceptors (Lipinski definition) is 4. The van der Waals surface area contributed by atoms with E-state index in [-0.39, 0.29) is 5.82 Å². The molecule has 3 rings (SSSR count). The molecule has 7 heteroatoms. The first-order chi connectivity index (χ1) is 10.4. The van der Waals surface area contributed by atoms with E-state index < -0.39 is 5.91 Å². The van der Waals surface area contributed by atoms with Gasteiger partial charge in [-0.3, -0.25) is 4.79 Å². The minimum absolute atomic E-state index is 0.0536. The fourth-order valence-corrected chi connectivity index (χ4v) is 2.44. The summed E-state index contributed by atoms with van der Waals surface area (Å²) in [7, 11) is 0. The molecule has 2 heterocycles. The first-order valence-electron chi connectivity index (χ1n) is 6.72. The van der Waals surface area contributed by atoms with Crippen molar-refractivity contribution in [1.82, 2.24) is 19.6 Å². The highest BCUT2D eigenvalue weighted by Gasteiger charge is 2.16. The van der Waals surface area contributed by atoms with Crippen molar-refractivity contribution in [1.29, 1.82) is 0 Å². The third kappa shape index (κ3) is 2.65. The summed E-state index contributed by atoms with van der Waals surface area (Å²) in [5, 5.41) is 7.37. The van der Waals surface area contributed by atoms with Crippen molar-refractivity contribution >= 4 is 29.0 Å². The molecule has 0 saturated heterocycles. The van der Waals surface area contributed by atoms with Crippen molar-refractivity contribution in [3.63, 3.8) is 0 Å². The molecule has 2 aromatic heterocycles. The Hall–Kier alpha value is -2.47. The Morgan fingerprint density at radius 3 is 2.68 bits per heavy atom. The Morgan fingerprint density at radius 2 is 1.95 bits per heavy atom. The van der Waals surface area contributed by atoms with Crippen LogP contribution in [-0.2, 0) is 0 Å². The van der Waals surface area contributed by atoms with Crippen LogP contribution in [0.3, 0.4) is 0 Å². The average molecular weight is 316 g/mol. The van der Waals surface area contributed by atoms with Crippen LogP contribution in [-0.4, -0.2) is 25.5 Å². The summed E-state index contributed by atoms with van der Waals surface area (Å²) in [5.74, 6) is 0.0313. The summed E-state index contributed by atoms with van der Waals surface area (Å²) in [5.41, 5.74) is 3.23. The van der Waals surface area contributed by atoms with Gasteiger partial charge in [-0.15, -0.1) is 5.10 Å². The molecule has 0 radical (unpaired) electrons. The first kappa shape index (κ1) is 14.5. The van der Waals surface area contributed by atoms with Crippen LogP contribution in [0.15, 0.2) is 24.3 Å². The number of nitrogens with zero attached hydrogens (tertiary/aromatic N) is 4. The molecule has 1 amide bonds. The Labute approximate surface area is 132 Å². The summed E-state index contributed by atoms with van der Waals surface area (Å²) in [4.78, 5) is 20.7. The number of aryl methyl sites for hydroxylation is 3. The maximum atomic E-state index is 12.3. The Morgan fingerprint density at radius 1 is 1.18 bits per heavy atom. The fraction of sp³-hybridized carbons (Fsp3) is 0.200. The van der Waals surface area contributed by atoms with Crippen LogP contribution < -0.4 is 5.32 Å². The van der Waals surface area contributed by atoms with Gasteiger partial charge in [0.05, 0.1) is 10.7 Å². The number of carbonyl (C=O) groups excluding carboxylic acids is 1. The van der Waals surface area contributed by atoms with E-state index in [1.165, 1.54) is 0 Å². The predicted octanol–water partition coefficient (Wildman–Crippen LogP) is 2.96. The summed E-state index contributed by atoms with van der Waals surface area (Å²) in [6.45, 7) is 5.68. The van der Waals surface area contributed by atoms with Crippen LogP contribution >= 0.6 is 11.6 Å². The minimum Gasteiger partial charge on any atom is -0.318 e. The molecule has 1 N–H and O–H groups in total. The standard InChI is InChI=1S/C15H14ClN5O/c1-8-4-5-12(11(16)6-8)18-14(22)13-19-15-17-9(2)7-10(3)21(15)20-13/h4-7H,1-3H3,(H,18,22). The van der Waals surface area contributed by atoms with Gasteiger partial charge in [-0.2, -0.15) is 4.98 Å². The normalized spacial score (nSPS) is 10.9. The molecule has 0 saturated carbocycles. The Kier molecular flexibility index (Phi) is 3.54. The molecule has 0 aliphatic carbocycles. The monoisotopic (exact) mass is 315 g/mol. The molecule has 0 bridgehead atoms. The highest BCUT2D eigenvalue weighted by atomic mass is 35.5. The van der Waals surface area contributed by atoms with Crippen LogP contribution in [0.4, 0.5) is 5.69 Å². The molecule has 0 aliphatic rings. The number of anilines is 1. The minimum atomic E-state index is -0.423. The van der Waals surface area contributed by atoms with Crippen molar-refractivity contribution < 1.29 is 4.79 Å². The molecule has 1 aromatic carbocycles. The second-order valence-electron chi connectivity index (χ2n) is 5.12. The molecule has 22 heavy (non-hydrogen) atoms. The third-order valence-electron chi connectivity index (χ3n) is 3.19. The third-order valence-corrected chi connectivity index (χ3v) is 3.51. The van der Waals surface area contributed by atoms with Gasteiger partial charge in [-0.25, -0.2) is 9.50 Å². The van der Waals surface area contributed by atoms with Crippen molar-refractivity contribution in [2.75, 3.05) is 5.32 Å². The van der Waals surface area contributed by atoms with Crippen molar-refractivity contribution in [2.45, 2.75) is 20.8 Å². The van der Waals surface area contributed by atoms with Crippen LogP contribution in [0.1, 0.15) is 27.6 Å². The van der Waals surface area contributed by atoms with E-state index in [1.807, 2.05) is 32.9 Å². The number of fused-ring (bicyclic) bond motifs is 1. The van der Waals surface area contributed by atoms with Gasteiger partial charge in [0.25, 0.3) is 11.7 Å². The zero-order chi connectivity index (χ0) is 15.9.